The molecule has 0 atom stereocenters. The van der Waals surface area contributed by atoms with Gasteiger partial charge in [-0.1, -0.05) is 124 Å². The molecule has 1 aliphatic carbocycles. The van der Waals surface area contributed by atoms with E-state index in [0.717, 1.165) is 11.1 Å². The van der Waals surface area contributed by atoms with Gasteiger partial charge in [0.25, 0.3) is 0 Å². The molecular formula is C18H16Br4O2. The standard InChI is InChI=1S/C18H16Br4O2/c19-16(20)11-15(13-7-3-1-4-8-13,14-9-5-2-6-10-14)12-17(21,22)18(16,23)24/h1-10,23-24H,11-12H2. The lowest BCUT2D eigenvalue weighted by atomic mass is 9.64. The first kappa shape index (κ1) is 19.1. The molecule has 0 amide bonds. The van der Waals surface area contributed by atoms with Crippen LogP contribution in [0.5, 0.6) is 0 Å². The normalized spacial score (nSPS) is 23.6. The molecule has 2 N–H and O–H groups in total. The molecule has 0 aliphatic heterocycles. The van der Waals surface area contributed by atoms with Crippen molar-refractivity contribution in [3.05, 3.63) is 71.8 Å². The van der Waals surface area contributed by atoms with E-state index in [9.17, 15) is 10.2 Å². The van der Waals surface area contributed by atoms with E-state index in [1.807, 2.05) is 36.4 Å². The van der Waals surface area contributed by atoms with E-state index in [4.69, 9.17) is 0 Å². The first-order valence-electron chi connectivity index (χ1n) is 7.44. The zero-order valence-electron chi connectivity index (χ0n) is 12.6. The third-order valence-corrected chi connectivity index (χ3v) is 8.05. The maximum atomic E-state index is 10.7. The molecule has 2 nitrogen and oxygen atoms in total. The van der Waals surface area contributed by atoms with Gasteiger partial charge in [0, 0.05) is 5.41 Å². The van der Waals surface area contributed by atoms with Crippen molar-refractivity contribution in [2.45, 2.75) is 30.5 Å². The highest BCUT2D eigenvalue weighted by molar-refractivity contribution is 9.26. The number of aliphatic hydroxyl groups is 2. The van der Waals surface area contributed by atoms with E-state index in [0.29, 0.717) is 12.8 Å². The second kappa shape index (κ2) is 6.46. The monoisotopic (exact) mass is 580 g/mol. The average Bonchev–Trinajstić information content (AvgIpc) is 2.54. The second-order valence-corrected chi connectivity index (χ2v) is 13.8. The Balaban J connectivity index is 2.25. The summed E-state index contributed by atoms with van der Waals surface area (Å²) in [7, 11) is 0. The van der Waals surface area contributed by atoms with Crippen molar-refractivity contribution in [2.75, 3.05) is 0 Å². The molecule has 0 bridgehead atoms. The van der Waals surface area contributed by atoms with Gasteiger partial charge in [0.1, 0.15) is 6.47 Å². The van der Waals surface area contributed by atoms with Crippen LogP contribution in [0.3, 0.4) is 0 Å². The fourth-order valence-corrected chi connectivity index (χ4v) is 7.76. The van der Waals surface area contributed by atoms with Crippen molar-refractivity contribution in [3.63, 3.8) is 0 Å². The molecule has 128 valence electrons. The summed E-state index contributed by atoms with van der Waals surface area (Å²) in [4.78, 5) is 0. The predicted octanol–water partition coefficient (Wildman–Crippen LogP) is 5.42. The van der Waals surface area contributed by atoms with Crippen molar-refractivity contribution in [2.24, 2.45) is 0 Å². The molecule has 0 aromatic heterocycles. The van der Waals surface area contributed by atoms with Crippen LogP contribution in [0.1, 0.15) is 24.0 Å². The molecular weight excluding hydrogens is 568 g/mol. The van der Waals surface area contributed by atoms with Gasteiger partial charge < -0.3 is 10.2 Å². The molecule has 0 spiro atoms. The van der Waals surface area contributed by atoms with Gasteiger partial charge in [-0.2, -0.15) is 0 Å². The summed E-state index contributed by atoms with van der Waals surface area (Å²) >= 11 is 14.1. The van der Waals surface area contributed by atoms with Gasteiger partial charge >= 0.3 is 0 Å². The molecule has 3 rings (SSSR count). The number of rotatable bonds is 2. The first-order chi connectivity index (χ1) is 11.1. The van der Waals surface area contributed by atoms with Crippen LogP contribution in [0.15, 0.2) is 60.7 Å². The number of hydrogen-bond donors (Lipinski definition) is 2. The fraction of sp³-hybridized carbons (Fsp3) is 0.333. The summed E-state index contributed by atoms with van der Waals surface area (Å²) in [6.45, 7) is 0. The Morgan fingerprint density at radius 2 is 0.958 bits per heavy atom. The fourth-order valence-electron chi connectivity index (χ4n) is 3.42. The molecule has 1 saturated carbocycles. The van der Waals surface area contributed by atoms with Crippen LogP contribution in [-0.4, -0.2) is 22.5 Å². The third-order valence-electron chi connectivity index (χ3n) is 4.72. The van der Waals surface area contributed by atoms with E-state index in [2.05, 4.69) is 88.0 Å². The predicted molar refractivity (Wildman–Crippen MR) is 111 cm³/mol. The minimum atomic E-state index is -2.05. The number of alkyl halides is 4. The van der Waals surface area contributed by atoms with Crippen molar-refractivity contribution in [1.29, 1.82) is 0 Å². The van der Waals surface area contributed by atoms with Crippen molar-refractivity contribution in [3.8, 4) is 0 Å². The Hall–Kier alpha value is 0.280. The Labute approximate surface area is 175 Å². The van der Waals surface area contributed by atoms with Gasteiger partial charge in [0.15, 0.2) is 0 Å². The Bertz CT molecular complexity index is 653. The lowest BCUT2D eigenvalue weighted by Gasteiger charge is -2.55. The summed E-state index contributed by atoms with van der Waals surface area (Å²) in [6.07, 6.45) is 0.917. The number of benzene rings is 2. The van der Waals surface area contributed by atoms with Gasteiger partial charge in [-0.05, 0) is 24.0 Å². The van der Waals surface area contributed by atoms with E-state index >= 15 is 0 Å². The highest BCUT2D eigenvalue weighted by Crippen LogP contribution is 2.64. The van der Waals surface area contributed by atoms with Crippen molar-refractivity contribution < 1.29 is 10.2 Å². The summed E-state index contributed by atoms with van der Waals surface area (Å²) in [6, 6.07) is 20.3. The minimum Gasteiger partial charge on any atom is -0.362 e. The van der Waals surface area contributed by atoms with Gasteiger partial charge in [-0.3, -0.25) is 0 Å². The maximum absolute atomic E-state index is 10.7. The third kappa shape index (κ3) is 2.97. The quantitative estimate of drug-likeness (QED) is 0.366. The number of hydrogen-bond acceptors (Lipinski definition) is 2. The summed E-state index contributed by atoms with van der Waals surface area (Å²) in [5, 5.41) is 21.4. The van der Waals surface area contributed by atoms with Gasteiger partial charge in [0.2, 0.25) is 5.79 Å². The van der Waals surface area contributed by atoms with Crippen LogP contribution in [0.2, 0.25) is 0 Å². The molecule has 1 aliphatic rings. The highest BCUT2D eigenvalue weighted by Gasteiger charge is 2.67. The largest absolute Gasteiger partial charge is 0.362 e. The maximum Gasteiger partial charge on any atom is 0.214 e. The first-order valence-corrected chi connectivity index (χ1v) is 10.6. The van der Waals surface area contributed by atoms with E-state index in [1.54, 1.807) is 0 Å². The molecule has 2 aromatic rings. The lowest BCUT2D eigenvalue weighted by molar-refractivity contribution is -0.185. The Kier molecular flexibility index (Phi) is 5.13. The smallest absolute Gasteiger partial charge is 0.214 e. The molecule has 0 unspecified atom stereocenters. The molecule has 0 saturated heterocycles. The summed E-state index contributed by atoms with van der Waals surface area (Å²) < 4.78 is -2.21. The molecule has 2 aromatic carbocycles. The topological polar surface area (TPSA) is 40.5 Å². The lowest BCUT2D eigenvalue weighted by Crippen LogP contribution is -2.65. The highest BCUT2D eigenvalue weighted by atomic mass is 79.9. The van der Waals surface area contributed by atoms with E-state index in [1.165, 1.54) is 0 Å². The molecule has 6 heteroatoms. The Morgan fingerprint density at radius 1 is 0.625 bits per heavy atom. The Morgan fingerprint density at radius 3 is 1.29 bits per heavy atom. The minimum absolute atomic E-state index is 0.419. The average molecular weight is 584 g/mol. The SMILES string of the molecule is OC1(O)C(Br)(Br)CC(c2ccccc2)(c2ccccc2)CC1(Br)Br. The van der Waals surface area contributed by atoms with Crippen LogP contribution in [-0.2, 0) is 5.41 Å². The van der Waals surface area contributed by atoms with Crippen LogP contribution in [0, 0.1) is 0 Å². The van der Waals surface area contributed by atoms with Crippen LogP contribution in [0.25, 0.3) is 0 Å². The van der Waals surface area contributed by atoms with Crippen molar-refractivity contribution >= 4 is 63.7 Å². The zero-order chi connectivity index (χ0) is 17.6. The molecule has 24 heavy (non-hydrogen) atoms. The van der Waals surface area contributed by atoms with E-state index < -0.39 is 17.7 Å². The summed E-state index contributed by atoms with van der Waals surface area (Å²) in [5.74, 6) is -2.05. The van der Waals surface area contributed by atoms with E-state index in [-0.39, 0.29) is 0 Å². The molecule has 1 fully saturated rings. The van der Waals surface area contributed by atoms with Crippen molar-refractivity contribution in [1.82, 2.24) is 0 Å². The summed E-state index contributed by atoms with van der Waals surface area (Å²) in [5.41, 5.74) is 1.83. The second-order valence-electron chi connectivity index (χ2n) is 6.25. The van der Waals surface area contributed by atoms with Crippen LogP contribution in [0.4, 0.5) is 0 Å². The number of halogens is 4. The van der Waals surface area contributed by atoms with Crippen LogP contribution < -0.4 is 0 Å². The van der Waals surface area contributed by atoms with Crippen LogP contribution >= 0.6 is 63.7 Å². The zero-order valence-corrected chi connectivity index (χ0v) is 18.9. The van der Waals surface area contributed by atoms with Gasteiger partial charge in [-0.25, -0.2) is 0 Å². The molecule has 0 heterocycles. The van der Waals surface area contributed by atoms with Gasteiger partial charge in [0.05, 0.1) is 0 Å². The van der Waals surface area contributed by atoms with Gasteiger partial charge in [-0.15, -0.1) is 0 Å². The molecule has 0 radical (unpaired) electrons.